The van der Waals surface area contributed by atoms with E-state index in [1.54, 1.807) is 24.3 Å². The first kappa shape index (κ1) is 20.4. The number of hydrogen-bond acceptors (Lipinski definition) is 4. The lowest BCUT2D eigenvalue weighted by atomic mass is 10.1. The Morgan fingerprint density at radius 3 is 2.13 bits per heavy atom. The predicted molar refractivity (Wildman–Crippen MR) is 104 cm³/mol. The molecule has 0 N–H and O–H groups in total. The van der Waals surface area contributed by atoms with Gasteiger partial charge in [-0.25, -0.2) is 13.4 Å². The molecule has 5 nitrogen and oxygen atoms in total. The Balaban J connectivity index is 1.40. The summed E-state index contributed by atoms with van der Waals surface area (Å²) in [6.07, 6.45) is -5.13. The molecule has 0 atom stereocenters. The number of alkyl halides is 3. The molecule has 30 heavy (non-hydrogen) atoms. The molecule has 0 radical (unpaired) electrons. The molecule has 3 aromatic rings. The number of nitrogens with zero attached hydrogens (tertiary/aromatic N) is 2. The Morgan fingerprint density at radius 1 is 0.867 bits per heavy atom. The van der Waals surface area contributed by atoms with Crippen LogP contribution in [0.25, 0.3) is 11.1 Å². The zero-order valence-corrected chi connectivity index (χ0v) is 16.4. The molecule has 1 aliphatic heterocycles. The van der Waals surface area contributed by atoms with Crippen molar-refractivity contribution in [3.05, 3.63) is 78.5 Å². The summed E-state index contributed by atoms with van der Waals surface area (Å²) in [7, 11) is -3.70. The number of sulfonamides is 1. The number of aromatic nitrogens is 1. The van der Waals surface area contributed by atoms with Gasteiger partial charge in [0, 0.05) is 6.07 Å². The molecule has 2 aromatic carbocycles. The van der Waals surface area contributed by atoms with E-state index >= 15 is 0 Å². The highest BCUT2D eigenvalue weighted by Crippen LogP contribution is 2.30. The second-order valence-electron chi connectivity index (χ2n) is 6.81. The number of benzene rings is 2. The van der Waals surface area contributed by atoms with Crippen LogP contribution >= 0.6 is 0 Å². The molecule has 156 valence electrons. The minimum atomic E-state index is -4.57. The fourth-order valence-corrected chi connectivity index (χ4v) is 4.58. The van der Waals surface area contributed by atoms with Crippen LogP contribution in [-0.2, 0) is 16.2 Å². The Kier molecular flexibility index (Phi) is 5.25. The maximum atomic E-state index is 12.8. The molecule has 1 saturated heterocycles. The molecule has 0 saturated carbocycles. The molecule has 0 spiro atoms. The Hall–Kier alpha value is -2.91. The first-order valence-electron chi connectivity index (χ1n) is 9.10. The Morgan fingerprint density at radius 2 is 1.50 bits per heavy atom. The van der Waals surface area contributed by atoms with Crippen molar-refractivity contribution >= 4 is 10.0 Å². The lowest BCUT2D eigenvalue weighted by Gasteiger charge is -2.37. The molecule has 0 amide bonds. The van der Waals surface area contributed by atoms with Crippen molar-refractivity contribution in [1.29, 1.82) is 0 Å². The molecule has 0 aliphatic carbocycles. The van der Waals surface area contributed by atoms with E-state index in [9.17, 15) is 21.6 Å². The van der Waals surface area contributed by atoms with Crippen molar-refractivity contribution in [2.24, 2.45) is 0 Å². The maximum absolute atomic E-state index is 12.8. The van der Waals surface area contributed by atoms with E-state index in [-0.39, 0.29) is 23.9 Å². The number of rotatable bonds is 5. The Labute approximate surface area is 171 Å². The zero-order valence-electron chi connectivity index (χ0n) is 15.6. The largest absolute Gasteiger partial charge is 0.472 e. The molecule has 1 fully saturated rings. The SMILES string of the molecule is O=S(=O)(c1ccc(-c2ccccc2)cc1)N1CC(Oc2cccc(C(F)(F)F)n2)C1. The Bertz CT molecular complexity index is 1130. The summed E-state index contributed by atoms with van der Waals surface area (Å²) >= 11 is 0. The smallest absolute Gasteiger partial charge is 0.433 e. The molecule has 4 rings (SSSR count). The average Bonchev–Trinajstić information content (AvgIpc) is 2.70. The highest BCUT2D eigenvalue weighted by molar-refractivity contribution is 7.89. The van der Waals surface area contributed by atoms with E-state index < -0.39 is 28.0 Å². The van der Waals surface area contributed by atoms with E-state index in [4.69, 9.17) is 4.74 Å². The van der Waals surface area contributed by atoms with Crippen molar-refractivity contribution in [3.8, 4) is 17.0 Å². The lowest BCUT2D eigenvalue weighted by Crippen LogP contribution is -2.56. The predicted octanol–water partition coefficient (Wildman–Crippen LogP) is 4.22. The van der Waals surface area contributed by atoms with Crippen molar-refractivity contribution in [2.45, 2.75) is 17.2 Å². The van der Waals surface area contributed by atoms with Crippen molar-refractivity contribution in [1.82, 2.24) is 9.29 Å². The number of ether oxygens (including phenoxy) is 1. The van der Waals surface area contributed by atoms with Gasteiger partial charge in [0.2, 0.25) is 15.9 Å². The van der Waals surface area contributed by atoms with Crippen LogP contribution in [0, 0.1) is 0 Å². The fourth-order valence-electron chi connectivity index (χ4n) is 3.08. The molecule has 9 heteroatoms. The summed E-state index contributed by atoms with van der Waals surface area (Å²) in [5.74, 6) is -0.181. The molecule has 1 aromatic heterocycles. The summed E-state index contributed by atoms with van der Waals surface area (Å²) in [5.41, 5.74) is 0.824. The van der Waals surface area contributed by atoms with Gasteiger partial charge in [-0.2, -0.15) is 17.5 Å². The third-order valence-electron chi connectivity index (χ3n) is 4.72. The van der Waals surface area contributed by atoms with E-state index in [0.717, 1.165) is 17.2 Å². The quantitative estimate of drug-likeness (QED) is 0.603. The number of halogens is 3. The van der Waals surface area contributed by atoms with Gasteiger partial charge in [-0.1, -0.05) is 48.5 Å². The molecular weight excluding hydrogens is 417 g/mol. The van der Waals surface area contributed by atoms with Gasteiger partial charge in [-0.05, 0) is 29.3 Å². The van der Waals surface area contributed by atoms with Crippen LogP contribution in [0.1, 0.15) is 5.69 Å². The van der Waals surface area contributed by atoms with E-state index in [1.807, 2.05) is 30.3 Å². The van der Waals surface area contributed by atoms with Gasteiger partial charge in [0.1, 0.15) is 11.8 Å². The first-order chi connectivity index (χ1) is 14.2. The zero-order chi connectivity index (χ0) is 21.4. The van der Waals surface area contributed by atoms with Gasteiger partial charge in [0.15, 0.2) is 0 Å². The molecule has 2 heterocycles. The normalized spacial score (nSPS) is 15.6. The van der Waals surface area contributed by atoms with Gasteiger partial charge < -0.3 is 4.74 Å². The van der Waals surface area contributed by atoms with Crippen LogP contribution in [0.15, 0.2) is 77.7 Å². The monoisotopic (exact) mass is 434 g/mol. The third kappa shape index (κ3) is 4.17. The molecule has 0 bridgehead atoms. The van der Waals surface area contributed by atoms with Crippen molar-refractivity contribution < 1.29 is 26.3 Å². The number of pyridine rings is 1. The van der Waals surface area contributed by atoms with E-state index in [2.05, 4.69) is 4.98 Å². The van der Waals surface area contributed by atoms with Gasteiger partial charge in [-0.3, -0.25) is 0 Å². The van der Waals surface area contributed by atoms with Crippen LogP contribution < -0.4 is 4.74 Å². The minimum Gasteiger partial charge on any atom is -0.472 e. The molecule has 1 aliphatic rings. The van der Waals surface area contributed by atoms with Crippen LogP contribution in [0.4, 0.5) is 13.2 Å². The molecular formula is C21H17F3N2O3S. The van der Waals surface area contributed by atoms with Gasteiger partial charge in [0.25, 0.3) is 0 Å². The van der Waals surface area contributed by atoms with Crippen LogP contribution in [0.5, 0.6) is 5.88 Å². The average molecular weight is 434 g/mol. The van der Waals surface area contributed by atoms with Gasteiger partial charge in [-0.15, -0.1) is 0 Å². The van der Waals surface area contributed by atoms with Gasteiger partial charge in [0.05, 0.1) is 18.0 Å². The van der Waals surface area contributed by atoms with E-state index in [0.29, 0.717) is 0 Å². The molecule has 0 unspecified atom stereocenters. The summed E-state index contributed by atoms with van der Waals surface area (Å²) in [4.78, 5) is 3.59. The summed E-state index contributed by atoms with van der Waals surface area (Å²) < 4.78 is 70.4. The summed E-state index contributed by atoms with van der Waals surface area (Å²) in [6, 6.07) is 19.5. The van der Waals surface area contributed by atoms with E-state index in [1.165, 1.54) is 16.4 Å². The lowest BCUT2D eigenvalue weighted by molar-refractivity contribution is -0.141. The van der Waals surface area contributed by atoms with Gasteiger partial charge >= 0.3 is 6.18 Å². The van der Waals surface area contributed by atoms with Crippen LogP contribution in [0.2, 0.25) is 0 Å². The third-order valence-corrected chi connectivity index (χ3v) is 6.56. The topological polar surface area (TPSA) is 59.5 Å². The maximum Gasteiger partial charge on any atom is 0.433 e. The standard InChI is InChI=1S/C21H17F3N2O3S/c22-21(23,24)19-7-4-8-20(25-19)29-17-13-26(14-17)30(27,28)18-11-9-16(10-12-18)15-5-2-1-3-6-15/h1-12,17H,13-14H2. The second-order valence-corrected chi connectivity index (χ2v) is 8.75. The van der Waals surface area contributed by atoms with Crippen LogP contribution in [-0.4, -0.2) is 36.9 Å². The van der Waals surface area contributed by atoms with Crippen molar-refractivity contribution in [2.75, 3.05) is 13.1 Å². The summed E-state index contributed by atoms with van der Waals surface area (Å²) in [6.45, 7) is 0.0847. The number of hydrogen-bond donors (Lipinski definition) is 0. The minimum absolute atomic E-state index is 0.0424. The second kappa shape index (κ2) is 7.73. The first-order valence-corrected chi connectivity index (χ1v) is 10.5. The summed E-state index contributed by atoms with van der Waals surface area (Å²) in [5, 5.41) is 0. The fraction of sp³-hybridized carbons (Fsp3) is 0.190. The highest BCUT2D eigenvalue weighted by Gasteiger charge is 2.39. The van der Waals surface area contributed by atoms with Crippen LogP contribution in [0.3, 0.4) is 0 Å². The van der Waals surface area contributed by atoms with Crippen molar-refractivity contribution in [3.63, 3.8) is 0 Å². The highest BCUT2D eigenvalue weighted by atomic mass is 32.2.